The standard InChI is InChI=1S/C10H16N4O3/c1-11-7-4-8(12-2)10(14(16)17)9(13-3)6(7)5-15/h4,11-13,15H,5H2,1-3H3. The van der Waals surface area contributed by atoms with E-state index in [1.165, 1.54) is 0 Å². The number of nitrogens with one attached hydrogen (secondary N) is 3. The number of aliphatic hydroxyl groups excluding tert-OH is 1. The minimum absolute atomic E-state index is 0.0712. The van der Waals surface area contributed by atoms with E-state index in [-0.39, 0.29) is 12.3 Å². The molecule has 4 N–H and O–H groups in total. The third-order valence-electron chi connectivity index (χ3n) is 2.54. The van der Waals surface area contributed by atoms with Gasteiger partial charge in [-0.25, -0.2) is 0 Å². The number of nitro benzene ring substituents is 1. The maximum atomic E-state index is 11.1. The van der Waals surface area contributed by atoms with Crippen LogP contribution in [-0.2, 0) is 6.61 Å². The Labute approximate surface area is 99.0 Å². The number of benzene rings is 1. The van der Waals surface area contributed by atoms with Crippen molar-refractivity contribution in [1.82, 2.24) is 0 Å². The zero-order valence-electron chi connectivity index (χ0n) is 10.00. The Kier molecular flexibility index (Phi) is 4.11. The van der Waals surface area contributed by atoms with Crippen LogP contribution < -0.4 is 16.0 Å². The first kappa shape index (κ1) is 13.0. The van der Waals surface area contributed by atoms with E-state index in [2.05, 4.69) is 16.0 Å². The van der Waals surface area contributed by atoms with E-state index in [0.717, 1.165) is 0 Å². The summed E-state index contributed by atoms with van der Waals surface area (Å²) in [6, 6.07) is 1.60. The maximum Gasteiger partial charge on any atom is 0.315 e. The molecule has 0 atom stereocenters. The third-order valence-corrected chi connectivity index (χ3v) is 2.54. The van der Waals surface area contributed by atoms with E-state index in [0.29, 0.717) is 22.6 Å². The molecule has 0 aliphatic heterocycles. The van der Waals surface area contributed by atoms with Crippen molar-refractivity contribution in [2.75, 3.05) is 37.1 Å². The van der Waals surface area contributed by atoms with Crippen LogP contribution in [-0.4, -0.2) is 31.2 Å². The third kappa shape index (κ3) is 2.23. The largest absolute Gasteiger partial charge is 0.392 e. The van der Waals surface area contributed by atoms with Gasteiger partial charge in [0.15, 0.2) is 0 Å². The predicted molar refractivity (Wildman–Crippen MR) is 67.7 cm³/mol. The molecule has 94 valence electrons. The zero-order chi connectivity index (χ0) is 13.0. The molecular formula is C10H16N4O3. The number of nitrogens with zero attached hydrogens (tertiary/aromatic N) is 1. The van der Waals surface area contributed by atoms with Gasteiger partial charge in [-0.05, 0) is 6.07 Å². The number of anilines is 3. The molecule has 0 heterocycles. The summed E-state index contributed by atoms with van der Waals surface area (Å²) >= 11 is 0. The van der Waals surface area contributed by atoms with E-state index in [1.54, 1.807) is 27.2 Å². The number of hydrogen-bond donors (Lipinski definition) is 4. The molecule has 0 amide bonds. The van der Waals surface area contributed by atoms with Gasteiger partial charge < -0.3 is 21.1 Å². The second-order valence-electron chi connectivity index (χ2n) is 3.34. The van der Waals surface area contributed by atoms with Gasteiger partial charge in [-0.15, -0.1) is 0 Å². The van der Waals surface area contributed by atoms with Crippen LogP contribution in [0.2, 0.25) is 0 Å². The van der Waals surface area contributed by atoms with E-state index in [4.69, 9.17) is 0 Å². The van der Waals surface area contributed by atoms with Gasteiger partial charge in [0, 0.05) is 32.4 Å². The summed E-state index contributed by atoms with van der Waals surface area (Å²) < 4.78 is 0. The molecule has 0 spiro atoms. The number of hydrogen-bond acceptors (Lipinski definition) is 6. The quantitative estimate of drug-likeness (QED) is 0.456. The SMILES string of the molecule is CNc1cc(NC)c([N+](=O)[O-])c(NC)c1CO. The average molecular weight is 240 g/mol. The lowest BCUT2D eigenvalue weighted by atomic mass is 10.1. The highest BCUT2D eigenvalue weighted by Gasteiger charge is 2.24. The van der Waals surface area contributed by atoms with Gasteiger partial charge in [-0.3, -0.25) is 10.1 Å². The van der Waals surface area contributed by atoms with Gasteiger partial charge in [0.1, 0.15) is 11.4 Å². The minimum Gasteiger partial charge on any atom is -0.392 e. The molecule has 0 saturated carbocycles. The highest BCUT2D eigenvalue weighted by atomic mass is 16.6. The first-order chi connectivity index (χ1) is 8.10. The maximum absolute atomic E-state index is 11.1. The molecule has 0 unspecified atom stereocenters. The molecule has 17 heavy (non-hydrogen) atoms. The van der Waals surface area contributed by atoms with Crippen LogP contribution in [0.15, 0.2) is 6.07 Å². The lowest BCUT2D eigenvalue weighted by molar-refractivity contribution is -0.383. The van der Waals surface area contributed by atoms with Crippen molar-refractivity contribution in [3.63, 3.8) is 0 Å². The zero-order valence-corrected chi connectivity index (χ0v) is 10.00. The van der Waals surface area contributed by atoms with Crippen LogP contribution in [0.25, 0.3) is 0 Å². The molecule has 7 nitrogen and oxygen atoms in total. The monoisotopic (exact) mass is 240 g/mol. The van der Waals surface area contributed by atoms with Crippen molar-refractivity contribution in [2.24, 2.45) is 0 Å². The Morgan fingerprint density at radius 2 is 1.82 bits per heavy atom. The molecule has 1 aromatic rings. The van der Waals surface area contributed by atoms with Crippen molar-refractivity contribution in [2.45, 2.75) is 6.61 Å². The van der Waals surface area contributed by atoms with E-state index in [9.17, 15) is 15.2 Å². The predicted octanol–water partition coefficient (Wildman–Crippen LogP) is 1.21. The highest BCUT2D eigenvalue weighted by molar-refractivity contribution is 5.85. The van der Waals surface area contributed by atoms with E-state index >= 15 is 0 Å². The molecule has 0 saturated heterocycles. The fourth-order valence-electron chi connectivity index (χ4n) is 1.75. The summed E-state index contributed by atoms with van der Waals surface area (Å²) in [6.07, 6.45) is 0. The smallest absolute Gasteiger partial charge is 0.315 e. The summed E-state index contributed by atoms with van der Waals surface area (Å²) in [4.78, 5) is 10.6. The lowest BCUT2D eigenvalue weighted by Gasteiger charge is -2.15. The molecule has 0 fully saturated rings. The summed E-state index contributed by atoms with van der Waals surface area (Å²) in [5, 5.41) is 28.8. The first-order valence-electron chi connectivity index (χ1n) is 5.09. The Morgan fingerprint density at radius 1 is 1.24 bits per heavy atom. The van der Waals surface area contributed by atoms with Gasteiger partial charge >= 0.3 is 5.69 Å². The first-order valence-corrected chi connectivity index (χ1v) is 5.09. The molecule has 0 aliphatic rings. The fraction of sp³-hybridized carbons (Fsp3) is 0.400. The second kappa shape index (κ2) is 5.35. The van der Waals surface area contributed by atoms with Crippen molar-refractivity contribution in [1.29, 1.82) is 0 Å². The van der Waals surface area contributed by atoms with Gasteiger partial charge in [-0.2, -0.15) is 0 Å². The second-order valence-corrected chi connectivity index (χ2v) is 3.34. The number of rotatable bonds is 5. The van der Waals surface area contributed by atoms with Crippen LogP contribution in [0, 0.1) is 10.1 Å². The Hall–Kier alpha value is -2.02. The summed E-state index contributed by atoms with van der Waals surface area (Å²) in [7, 11) is 4.89. The van der Waals surface area contributed by atoms with Gasteiger partial charge in [-0.1, -0.05) is 0 Å². The van der Waals surface area contributed by atoms with Crippen LogP contribution >= 0.6 is 0 Å². The molecule has 7 heteroatoms. The molecule has 1 rings (SSSR count). The van der Waals surface area contributed by atoms with E-state index < -0.39 is 4.92 Å². The Balaban J connectivity index is 3.61. The number of nitro groups is 1. The number of aliphatic hydroxyl groups is 1. The average Bonchev–Trinajstić information content (AvgIpc) is 2.35. The summed E-state index contributed by atoms with van der Waals surface area (Å²) in [5.41, 5.74) is 1.75. The molecular weight excluding hydrogens is 224 g/mol. The Morgan fingerprint density at radius 3 is 2.18 bits per heavy atom. The van der Waals surface area contributed by atoms with Gasteiger partial charge in [0.25, 0.3) is 0 Å². The van der Waals surface area contributed by atoms with E-state index in [1.807, 2.05) is 0 Å². The molecule has 1 aromatic carbocycles. The molecule has 0 bridgehead atoms. The lowest BCUT2D eigenvalue weighted by Crippen LogP contribution is -2.07. The normalized spacial score (nSPS) is 9.88. The molecule has 0 aromatic heterocycles. The topological polar surface area (TPSA) is 99.5 Å². The van der Waals surface area contributed by atoms with Crippen molar-refractivity contribution >= 4 is 22.7 Å². The van der Waals surface area contributed by atoms with Crippen LogP contribution in [0.1, 0.15) is 5.56 Å². The van der Waals surface area contributed by atoms with Gasteiger partial charge in [0.2, 0.25) is 0 Å². The van der Waals surface area contributed by atoms with Crippen LogP contribution in [0.5, 0.6) is 0 Å². The summed E-state index contributed by atoms with van der Waals surface area (Å²) in [5.74, 6) is 0. The minimum atomic E-state index is -0.476. The van der Waals surface area contributed by atoms with Crippen LogP contribution in [0.4, 0.5) is 22.7 Å². The van der Waals surface area contributed by atoms with Crippen molar-refractivity contribution < 1.29 is 10.0 Å². The summed E-state index contributed by atoms with van der Waals surface area (Å²) in [6.45, 7) is -0.281. The highest BCUT2D eigenvalue weighted by Crippen LogP contribution is 2.40. The molecule has 0 radical (unpaired) electrons. The van der Waals surface area contributed by atoms with Crippen molar-refractivity contribution in [3.8, 4) is 0 Å². The molecule has 0 aliphatic carbocycles. The van der Waals surface area contributed by atoms with Gasteiger partial charge in [0.05, 0.1) is 11.5 Å². The Bertz CT molecular complexity index is 434. The van der Waals surface area contributed by atoms with Crippen LogP contribution in [0.3, 0.4) is 0 Å². The fourth-order valence-corrected chi connectivity index (χ4v) is 1.75. The van der Waals surface area contributed by atoms with Crippen molar-refractivity contribution in [3.05, 3.63) is 21.7 Å².